The second-order valence-corrected chi connectivity index (χ2v) is 4.66. The molecule has 1 N–H and O–H groups in total. The maximum Gasteiger partial charge on any atom is 0.401 e. The zero-order valence-corrected chi connectivity index (χ0v) is 10.9. The number of hydrogen-bond donors (Lipinski definition) is 1. The molecule has 0 amide bonds. The lowest BCUT2D eigenvalue weighted by Crippen LogP contribution is -2.36. The summed E-state index contributed by atoms with van der Waals surface area (Å²) in [7, 11) is 0. The van der Waals surface area contributed by atoms with E-state index >= 15 is 0 Å². The van der Waals surface area contributed by atoms with Gasteiger partial charge in [0.05, 0.1) is 12.6 Å². The van der Waals surface area contributed by atoms with Crippen molar-refractivity contribution in [1.82, 2.24) is 10.2 Å². The molecule has 0 atom stereocenters. The molecule has 0 radical (unpaired) electrons. The maximum atomic E-state index is 12.2. The van der Waals surface area contributed by atoms with Gasteiger partial charge in [-0.15, -0.1) is 0 Å². The molecule has 1 heterocycles. The fourth-order valence-corrected chi connectivity index (χ4v) is 2.10. The quantitative estimate of drug-likeness (QED) is 0.715. The summed E-state index contributed by atoms with van der Waals surface area (Å²) in [4.78, 5) is 1.41. The summed E-state index contributed by atoms with van der Waals surface area (Å²) in [5.74, 6) is 0. The van der Waals surface area contributed by atoms with Crippen molar-refractivity contribution >= 4 is 0 Å². The van der Waals surface area contributed by atoms with Gasteiger partial charge in [-0.3, -0.25) is 4.90 Å². The van der Waals surface area contributed by atoms with Crippen molar-refractivity contribution in [3.05, 3.63) is 0 Å². The summed E-state index contributed by atoms with van der Waals surface area (Å²) in [5.41, 5.74) is 0. The predicted molar refractivity (Wildman–Crippen MR) is 64.6 cm³/mol. The van der Waals surface area contributed by atoms with Crippen LogP contribution in [0.1, 0.15) is 26.2 Å². The Morgan fingerprint density at radius 3 is 2.50 bits per heavy atom. The molecule has 0 unspecified atom stereocenters. The van der Waals surface area contributed by atoms with Gasteiger partial charge in [-0.1, -0.05) is 6.92 Å². The highest BCUT2D eigenvalue weighted by Gasteiger charge is 2.29. The molecule has 0 spiro atoms. The lowest BCUT2D eigenvalue weighted by molar-refractivity contribution is -0.146. The Labute approximate surface area is 107 Å². The van der Waals surface area contributed by atoms with Crippen molar-refractivity contribution in [1.29, 1.82) is 0 Å². The third-order valence-electron chi connectivity index (χ3n) is 3.11. The Bertz CT molecular complexity index is 218. The predicted octanol–water partition coefficient (Wildman–Crippen LogP) is 2.03. The first-order valence-corrected chi connectivity index (χ1v) is 6.62. The van der Waals surface area contributed by atoms with Crippen LogP contribution in [-0.4, -0.2) is 56.5 Å². The highest BCUT2D eigenvalue weighted by Crippen LogP contribution is 2.16. The Morgan fingerprint density at radius 1 is 1.28 bits per heavy atom. The molecular formula is C12H23F3N2O. The van der Waals surface area contributed by atoms with Gasteiger partial charge in [-0.05, 0) is 38.9 Å². The van der Waals surface area contributed by atoms with Crippen molar-refractivity contribution in [2.24, 2.45) is 0 Å². The zero-order valence-electron chi connectivity index (χ0n) is 10.9. The van der Waals surface area contributed by atoms with Crippen molar-refractivity contribution in [2.45, 2.75) is 38.5 Å². The Kier molecular flexibility index (Phi) is 6.96. The van der Waals surface area contributed by atoms with Gasteiger partial charge in [0.1, 0.15) is 0 Å². The largest absolute Gasteiger partial charge is 0.401 e. The van der Waals surface area contributed by atoms with Crippen LogP contribution in [0.2, 0.25) is 0 Å². The first kappa shape index (κ1) is 15.7. The van der Waals surface area contributed by atoms with E-state index in [-0.39, 0.29) is 6.10 Å². The molecule has 1 aliphatic heterocycles. The van der Waals surface area contributed by atoms with E-state index in [9.17, 15) is 13.2 Å². The van der Waals surface area contributed by atoms with E-state index in [1.54, 1.807) is 6.92 Å². The van der Waals surface area contributed by atoms with Crippen LogP contribution in [0, 0.1) is 0 Å². The molecule has 18 heavy (non-hydrogen) atoms. The first-order valence-electron chi connectivity index (χ1n) is 6.62. The van der Waals surface area contributed by atoms with Crippen LogP contribution in [0.4, 0.5) is 13.2 Å². The van der Waals surface area contributed by atoms with Gasteiger partial charge in [0.2, 0.25) is 0 Å². The standard InChI is InChI=1S/C12H23F3N2O/c1-2-17(10-12(13,14)15)8-3-9-18-11-4-6-16-7-5-11/h11,16H,2-10H2,1H3. The molecule has 0 aliphatic carbocycles. The smallest absolute Gasteiger partial charge is 0.378 e. The molecular weight excluding hydrogens is 245 g/mol. The van der Waals surface area contributed by atoms with Gasteiger partial charge in [0, 0.05) is 13.2 Å². The molecule has 1 rings (SSSR count). The Balaban J connectivity index is 2.07. The highest BCUT2D eigenvalue weighted by atomic mass is 19.4. The lowest BCUT2D eigenvalue weighted by Gasteiger charge is -2.24. The SMILES string of the molecule is CCN(CCCOC1CCNCC1)CC(F)(F)F. The number of piperidine rings is 1. The molecule has 0 aromatic heterocycles. The van der Waals surface area contributed by atoms with Crippen molar-refractivity contribution < 1.29 is 17.9 Å². The van der Waals surface area contributed by atoms with E-state index in [0.29, 0.717) is 26.1 Å². The summed E-state index contributed by atoms with van der Waals surface area (Å²) >= 11 is 0. The fraction of sp³-hybridized carbons (Fsp3) is 1.00. The van der Waals surface area contributed by atoms with Gasteiger partial charge < -0.3 is 10.1 Å². The van der Waals surface area contributed by atoms with E-state index < -0.39 is 12.7 Å². The third-order valence-corrected chi connectivity index (χ3v) is 3.11. The second kappa shape index (κ2) is 7.96. The molecule has 0 saturated carbocycles. The van der Waals surface area contributed by atoms with E-state index in [4.69, 9.17) is 4.74 Å². The number of halogens is 3. The number of ether oxygens (including phenoxy) is 1. The average Bonchev–Trinajstić information content (AvgIpc) is 2.33. The molecule has 6 heteroatoms. The van der Waals surface area contributed by atoms with Gasteiger partial charge in [0.25, 0.3) is 0 Å². The second-order valence-electron chi connectivity index (χ2n) is 4.66. The van der Waals surface area contributed by atoms with E-state index in [0.717, 1.165) is 25.9 Å². The Hall–Kier alpha value is -0.330. The van der Waals surface area contributed by atoms with Gasteiger partial charge in [-0.25, -0.2) is 0 Å². The van der Waals surface area contributed by atoms with Crippen LogP contribution in [-0.2, 0) is 4.74 Å². The topological polar surface area (TPSA) is 24.5 Å². The molecule has 1 fully saturated rings. The van der Waals surface area contributed by atoms with Crippen molar-refractivity contribution in [3.8, 4) is 0 Å². The van der Waals surface area contributed by atoms with Crippen LogP contribution < -0.4 is 5.32 Å². The average molecular weight is 268 g/mol. The fourth-order valence-electron chi connectivity index (χ4n) is 2.10. The van der Waals surface area contributed by atoms with Crippen molar-refractivity contribution in [2.75, 3.05) is 39.3 Å². The number of alkyl halides is 3. The Morgan fingerprint density at radius 2 is 1.94 bits per heavy atom. The monoisotopic (exact) mass is 268 g/mol. The summed E-state index contributed by atoms with van der Waals surface area (Å²) in [6.07, 6.45) is -1.16. The zero-order chi connectivity index (χ0) is 13.4. The highest BCUT2D eigenvalue weighted by molar-refractivity contribution is 4.68. The number of rotatable bonds is 7. The van der Waals surface area contributed by atoms with E-state index in [1.807, 2.05) is 0 Å². The molecule has 3 nitrogen and oxygen atoms in total. The number of nitrogens with zero attached hydrogens (tertiary/aromatic N) is 1. The van der Waals surface area contributed by atoms with Crippen LogP contribution in [0.3, 0.4) is 0 Å². The molecule has 0 bridgehead atoms. The number of nitrogens with one attached hydrogen (secondary N) is 1. The minimum atomic E-state index is -4.11. The third kappa shape index (κ3) is 7.18. The molecule has 108 valence electrons. The number of hydrogen-bond acceptors (Lipinski definition) is 3. The van der Waals surface area contributed by atoms with Gasteiger partial charge in [0.15, 0.2) is 0 Å². The molecule has 0 aromatic rings. The summed E-state index contributed by atoms with van der Waals surface area (Å²) in [5, 5.41) is 3.25. The summed E-state index contributed by atoms with van der Waals surface area (Å²) < 4.78 is 42.3. The van der Waals surface area contributed by atoms with Crippen LogP contribution >= 0.6 is 0 Å². The molecule has 1 aliphatic rings. The summed E-state index contributed by atoms with van der Waals surface area (Å²) in [6, 6.07) is 0. The molecule has 0 aromatic carbocycles. The summed E-state index contributed by atoms with van der Waals surface area (Å²) in [6.45, 7) is 4.29. The van der Waals surface area contributed by atoms with E-state index in [2.05, 4.69) is 5.32 Å². The maximum absolute atomic E-state index is 12.2. The minimum Gasteiger partial charge on any atom is -0.378 e. The van der Waals surface area contributed by atoms with Crippen LogP contribution in [0.15, 0.2) is 0 Å². The van der Waals surface area contributed by atoms with Gasteiger partial charge in [-0.2, -0.15) is 13.2 Å². The van der Waals surface area contributed by atoms with Gasteiger partial charge >= 0.3 is 6.18 Å². The van der Waals surface area contributed by atoms with E-state index in [1.165, 1.54) is 4.90 Å². The van der Waals surface area contributed by atoms with Crippen LogP contribution in [0.5, 0.6) is 0 Å². The lowest BCUT2D eigenvalue weighted by atomic mass is 10.1. The van der Waals surface area contributed by atoms with Crippen molar-refractivity contribution in [3.63, 3.8) is 0 Å². The first-order chi connectivity index (χ1) is 8.51. The van der Waals surface area contributed by atoms with Crippen LogP contribution in [0.25, 0.3) is 0 Å². The normalized spacial score (nSPS) is 18.5. The minimum absolute atomic E-state index is 0.281. The molecule has 1 saturated heterocycles.